The van der Waals surface area contributed by atoms with Crippen LogP contribution in [0.3, 0.4) is 0 Å². The van der Waals surface area contributed by atoms with Crippen molar-refractivity contribution in [3.8, 4) is 28.7 Å². The molecule has 0 fully saturated rings. The van der Waals surface area contributed by atoms with Crippen molar-refractivity contribution in [2.45, 2.75) is 25.8 Å². The predicted octanol–water partition coefficient (Wildman–Crippen LogP) is 3.18. The molecule has 2 rings (SSSR count). The summed E-state index contributed by atoms with van der Waals surface area (Å²) in [5, 5.41) is 13.0. The highest BCUT2D eigenvalue weighted by molar-refractivity contribution is 5.95. The third-order valence-corrected chi connectivity index (χ3v) is 4.31. The Morgan fingerprint density at radius 3 is 2.14 bits per heavy atom. The van der Waals surface area contributed by atoms with E-state index in [1.807, 2.05) is 13.8 Å². The minimum atomic E-state index is -0.598. The van der Waals surface area contributed by atoms with Gasteiger partial charge in [-0.25, -0.2) is 0 Å². The second-order valence-electron chi connectivity index (χ2n) is 6.89. The maximum atomic E-state index is 12.7. The zero-order valence-corrected chi connectivity index (χ0v) is 17.1. The van der Waals surface area contributed by atoms with E-state index >= 15 is 0 Å². The highest BCUT2D eigenvalue weighted by atomic mass is 16.5. The molecule has 0 aliphatic carbocycles. The van der Waals surface area contributed by atoms with Crippen LogP contribution >= 0.6 is 0 Å². The number of benzene rings is 2. The molecule has 0 saturated heterocycles. The predicted molar refractivity (Wildman–Crippen MR) is 106 cm³/mol. The maximum Gasteiger partial charge on any atom is 0.251 e. The highest BCUT2D eigenvalue weighted by Gasteiger charge is 2.26. The zero-order valence-electron chi connectivity index (χ0n) is 17.1. The number of methoxy groups -OCH3 is 4. The minimum absolute atomic E-state index is 0.00438. The second kappa shape index (κ2) is 8.73. The van der Waals surface area contributed by atoms with Gasteiger partial charge in [-0.1, -0.05) is 6.07 Å². The van der Waals surface area contributed by atoms with Crippen LogP contribution in [0.1, 0.15) is 29.8 Å². The summed E-state index contributed by atoms with van der Waals surface area (Å²) in [6.45, 7) is 3.81. The molecule has 0 aliphatic heterocycles. The fourth-order valence-corrected chi connectivity index (χ4v) is 3.03. The summed E-state index contributed by atoms with van der Waals surface area (Å²) in [7, 11) is 6.04. The Morgan fingerprint density at radius 1 is 0.929 bits per heavy atom. The number of aromatic hydroxyl groups is 1. The summed E-state index contributed by atoms with van der Waals surface area (Å²) in [4.78, 5) is 12.7. The largest absolute Gasteiger partial charge is 0.504 e. The van der Waals surface area contributed by atoms with Crippen molar-refractivity contribution in [1.29, 1.82) is 0 Å². The first-order valence-electron chi connectivity index (χ1n) is 8.73. The van der Waals surface area contributed by atoms with Gasteiger partial charge in [0.2, 0.25) is 5.75 Å². The van der Waals surface area contributed by atoms with E-state index in [1.54, 1.807) is 37.4 Å². The Hall–Kier alpha value is -3.09. The molecule has 7 heteroatoms. The number of nitrogens with one attached hydrogen (secondary N) is 1. The normalized spacial score (nSPS) is 10.9. The molecule has 152 valence electrons. The quantitative estimate of drug-likeness (QED) is 0.721. The number of carbonyl (C=O) groups excluding carboxylic acids is 1. The number of hydrogen-bond donors (Lipinski definition) is 2. The molecule has 7 nitrogen and oxygen atoms in total. The Bertz CT molecular complexity index is 847. The van der Waals surface area contributed by atoms with Crippen molar-refractivity contribution in [1.82, 2.24) is 5.32 Å². The first-order chi connectivity index (χ1) is 13.3. The van der Waals surface area contributed by atoms with E-state index < -0.39 is 5.54 Å². The van der Waals surface area contributed by atoms with E-state index in [0.29, 0.717) is 29.2 Å². The lowest BCUT2D eigenvalue weighted by Crippen LogP contribution is -2.45. The van der Waals surface area contributed by atoms with E-state index in [-0.39, 0.29) is 17.4 Å². The van der Waals surface area contributed by atoms with Crippen LogP contribution in [0.2, 0.25) is 0 Å². The highest BCUT2D eigenvalue weighted by Crippen LogP contribution is 2.40. The van der Waals surface area contributed by atoms with Crippen LogP contribution in [-0.2, 0) is 6.42 Å². The maximum absolute atomic E-state index is 12.7. The van der Waals surface area contributed by atoms with E-state index in [0.717, 1.165) is 5.56 Å². The van der Waals surface area contributed by atoms with Gasteiger partial charge >= 0.3 is 0 Å². The first kappa shape index (κ1) is 21.2. The van der Waals surface area contributed by atoms with Crippen molar-refractivity contribution in [2.75, 3.05) is 28.4 Å². The average molecular weight is 389 g/mol. The van der Waals surface area contributed by atoms with Gasteiger partial charge in [-0.05, 0) is 44.5 Å². The summed E-state index contributed by atoms with van der Waals surface area (Å²) in [5.41, 5.74) is 0.662. The molecule has 2 aromatic carbocycles. The van der Waals surface area contributed by atoms with Gasteiger partial charge in [-0.2, -0.15) is 0 Å². The number of phenolic OH excluding ortho intramolecular Hbond substituents is 1. The van der Waals surface area contributed by atoms with Crippen LogP contribution in [0.15, 0.2) is 30.3 Å². The lowest BCUT2D eigenvalue weighted by atomic mass is 9.93. The first-order valence-corrected chi connectivity index (χ1v) is 8.73. The molecule has 0 aliphatic rings. The number of phenols is 1. The lowest BCUT2D eigenvalue weighted by molar-refractivity contribution is 0.0912. The molecule has 0 bridgehead atoms. The van der Waals surface area contributed by atoms with Gasteiger partial charge < -0.3 is 29.4 Å². The summed E-state index contributed by atoms with van der Waals surface area (Å²) in [5.74, 6) is 1.50. The second-order valence-corrected chi connectivity index (χ2v) is 6.89. The van der Waals surface area contributed by atoms with Crippen molar-refractivity contribution >= 4 is 5.91 Å². The fraction of sp³-hybridized carbons (Fsp3) is 0.381. The standard InChI is InChI=1S/C21H27NO6/c1-21(2,12-14-7-9-15(23)19(28-6)18(14)27-5)22-20(24)13-8-10-16(25-3)17(11-13)26-4/h7-11,23H,12H2,1-6H3,(H,22,24). The average Bonchev–Trinajstić information content (AvgIpc) is 2.67. The van der Waals surface area contributed by atoms with Gasteiger partial charge in [0.1, 0.15) is 0 Å². The SMILES string of the molecule is COc1ccc(C(=O)NC(C)(C)Cc2ccc(O)c(OC)c2OC)cc1OC. The molecule has 28 heavy (non-hydrogen) atoms. The molecule has 2 N–H and O–H groups in total. The van der Waals surface area contributed by atoms with Crippen LogP contribution in [0, 0.1) is 0 Å². The van der Waals surface area contributed by atoms with Gasteiger partial charge in [-0.15, -0.1) is 0 Å². The number of carbonyl (C=O) groups is 1. The van der Waals surface area contributed by atoms with Crippen molar-refractivity contribution in [2.24, 2.45) is 0 Å². The number of amides is 1. The molecule has 0 spiro atoms. The molecule has 0 aromatic heterocycles. The van der Waals surface area contributed by atoms with E-state index in [4.69, 9.17) is 18.9 Å². The third kappa shape index (κ3) is 4.60. The van der Waals surface area contributed by atoms with Gasteiger partial charge in [0.25, 0.3) is 5.91 Å². The van der Waals surface area contributed by atoms with E-state index in [1.165, 1.54) is 21.3 Å². The fourth-order valence-electron chi connectivity index (χ4n) is 3.03. The molecule has 0 unspecified atom stereocenters. The topological polar surface area (TPSA) is 86.3 Å². The Kier molecular flexibility index (Phi) is 6.62. The van der Waals surface area contributed by atoms with Crippen molar-refractivity contribution < 1.29 is 28.8 Å². The van der Waals surface area contributed by atoms with Gasteiger partial charge in [0, 0.05) is 16.7 Å². The summed E-state index contributed by atoms with van der Waals surface area (Å²) >= 11 is 0. The molecule has 1 amide bonds. The summed E-state index contributed by atoms with van der Waals surface area (Å²) in [6, 6.07) is 8.30. The Morgan fingerprint density at radius 2 is 1.57 bits per heavy atom. The van der Waals surface area contributed by atoms with Crippen LogP contribution in [0.4, 0.5) is 0 Å². The molecular formula is C21H27NO6. The summed E-state index contributed by atoms with van der Waals surface area (Å²) in [6.07, 6.45) is 0.464. The van der Waals surface area contributed by atoms with Gasteiger partial charge in [-0.3, -0.25) is 4.79 Å². The molecule has 0 saturated carbocycles. The van der Waals surface area contributed by atoms with Crippen LogP contribution in [0.5, 0.6) is 28.7 Å². The molecule has 2 aromatic rings. The zero-order chi connectivity index (χ0) is 20.9. The van der Waals surface area contributed by atoms with Crippen LogP contribution in [-0.4, -0.2) is 45.0 Å². The molecule has 0 atom stereocenters. The summed E-state index contributed by atoms with van der Waals surface area (Å²) < 4.78 is 21.1. The number of ether oxygens (including phenoxy) is 4. The van der Waals surface area contributed by atoms with Crippen molar-refractivity contribution in [3.05, 3.63) is 41.5 Å². The van der Waals surface area contributed by atoms with E-state index in [9.17, 15) is 9.90 Å². The molecule has 0 heterocycles. The van der Waals surface area contributed by atoms with Crippen LogP contribution < -0.4 is 24.3 Å². The van der Waals surface area contributed by atoms with Gasteiger partial charge in [0.05, 0.1) is 28.4 Å². The molecular weight excluding hydrogens is 362 g/mol. The Balaban J connectivity index is 2.23. The van der Waals surface area contributed by atoms with E-state index in [2.05, 4.69) is 5.32 Å². The molecule has 0 radical (unpaired) electrons. The van der Waals surface area contributed by atoms with Gasteiger partial charge in [0.15, 0.2) is 23.0 Å². The Labute approximate surface area is 165 Å². The minimum Gasteiger partial charge on any atom is -0.504 e. The number of hydrogen-bond acceptors (Lipinski definition) is 6. The van der Waals surface area contributed by atoms with Crippen LogP contribution in [0.25, 0.3) is 0 Å². The smallest absolute Gasteiger partial charge is 0.251 e. The lowest BCUT2D eigenvalue weighted by Gasteiger charge is -2.28. The van der Waals surface area contributed by atoms with Crippen molar-refractivity contribution in [3.63, 3.8) is 0 Å². The third-order valence-electron chi connectivity index (χ3n) is 4.31. The monoisotopic (exact) mass is 389 g/mol. The number of rotatable bonds is 8.